The van der Waals surface area contributed by atoms with E-state index in [1.165, 1.54) is 126 Å². The number of rotatable bonds is 9. The molecule has 49 heavy (non-hydrogen) atoms. The van der Waals surface area contributed by atoms with Crippen LogP contribution in [0.15, 0.2) is 42.5 Å². The number of nitrogens with zero attached hydrogens (tertiary/aromatic N) is 1. The van der Waals surface area contributed by atoms with Gasteiger partial charge in [0.2, 0.25) is 0 Å². The van der Waals surface area contributed by atoms with Gasteiger partial charge in [-0.2, -0.15) is 0 Å². The van der Waals surface area contributed by atoms with Crippen molar-refractivity contribution in [3.8, 4) is 0 Å². The summed E-state index contributed by atoms with van der Waals surface area (Å²) in [5.74, 6) is 2.75. The number of fused-ring (bicyclic) bond motifs is 7. The lowest BCUT2D eigenvalue weighted by Gasteiger charge is -2.72. The van der Waals surface area contributed by atoms with Gasteiger partial charge in [-0.3, -0.25) is 0 Å². The summed E-state index contributed by atoms with van der Waals surface area (Å²) >= 11 is 0. The van der Waals surface area contributed by atoms with Crippen LogP contribution in [0.4, 0.5) is 0 Å². The van der Waals surface area contributed by atoms with E-state index in [4.69, 9.17) is 0 Å². The predicted octanol–water partition coefficient (Wildman–Crippen LogP) is 10.5. The number of benzene rings is 1. The van der Waals surface area contributed by atoms with Crippen molar-refractivity contribution in [1.29, 1.82) is 0 Å². The van der Waals surface area contributed by atoms with Crippen LogP contribution in [0.3, 0.4) is 0 Å². The molecule has 4 heteroatoms. The number of carboxylic acids is 1. The average molecular weight is 669 g/mol. The number of carbonyl (C=O) groups is 1. The van der Waals surface area contributed by atoms with E-state index < -0.39 is 5.97 Å². The quantitative estimate of drug-likeness (QED) is 0.203. The Bertz CT molecular complexity index is 1440. The van der Waals surface area contributed by atoms with Gasteiger partial charge in [-0.1, -0.05) is 71.4 Å². The smallest absolute Gasteiger partial charge is 0.335 e. The SMILES string of the molecule is C=C(C)C1CCC2(CNCCCN3CCCCC3)CCC3(C)C(CCC4C5(C)CC=C(c6ccc(C(=O)O)cc6)C(C)(C)C5CCC43C)C12. The third-order valence-corrected chi connectivity index (χ3v) is 17.0. The molecule has 1 aliphatic heterocycles. The Morgan fingerprint density at radius 3 is 2.33 bits per heavy atom. The highest BCUT2D eigenvalue weighted by atomic mass is 16.4. The van der Waals surface area contributed by atoms with Crippen molar-refractivity contribution in [1.82, 2.24) is 10.2 Å². The molecule has 0 aromatic heterocycles. The fourth-order valence-corrected chi connectivity index (χ4v) is 14.4. The molecule has 4 nitrogen and oxygen atoms in total. The standard InChI is InChI=1S/C45H68N2O2/c1-31(2)34-18-23-45(30-46-26-11-29-47-27-9-8-10-28-47)25-24-43(6)36(39(34)45)16-17-38-42(5)21-19-35(32-12-14-33(15-13-32)40(48)49)41(3,4)37(42)20-22-44(38,43)7/h12-15,19,34,36-39,46H,1,8-11,16-18,20-30H2,2-7H3,(H,48,49). The zero-order chi connectivity index (χ0) is 34.8. The lowest BCUT2D eigenvalue weighted by molar-refractivity contribution is -0.225. The molecule has 0 bridgehead atoms. The lowest BCUT2D eigenvalue weighted by Crippen LogP contribution is -2.65. The molecule has 9 unspecified atom stereocenters. The Morgan fingerprint density at radius 2 is 1.63 bits per heavy atom. The number of hydrogen-bond acceptors (Lipinski definition) is 3. The molecule has 2 N–H and O–H groups in total. The van der Waals surface area contributed by atoms with Crippen molar-refractivity contribution in [2.24, 2.45) is 56.7 Å². The molecule has 5 aliphatic carbocycles. The number of aromatic carboxylic acids is 1. The summed E-state index contributed by atoms with van der Waals surface area (Å²) in [6.07, 6.45) is 20.1. The maximum atomic E-state index is 11.6. The van der Waals surface area contributed by atoms with Gasteiger partial charge >= 0.3 is 5.97 Å². The van der Waals surface area contributed by atoms with Crippen molar-refractivity contribution in [3.05, 3.63) is 53.6 Å². The number of likely N-dealkylation sites (tertiary alicyclic amines) is 1. The maximum absolute atomic E-state index is 11.6. The molecule has 9 atom stereocenters. The molecule has 1 heterocycles. The first-order chi connectivity index (χ1) is 23.3. The average Bonchev–Trinajstić information content (AvgIpc) is 3.45. The second-order valence-electron chi connectivity index (χ2n) is 19.4. The summed E-state index contributed by atoms with van der Waals surface area (Å²) in [6, 6.07) is 7.68. The van der Waals surface area contributed by atoms with Crippen LogP contribution < -0.4 is 5.32 Å². The summed E-state index contributed by atoms with van der Waals surface area (Å²) in [4.78, 5) is 14.3. The van der Waals surface area contributed by atoms with E-state index in [1.54, 1.807) is 12.1 Å². The minimum Gasteiger partial charge on any atom is -0.478 e. The Kier molecular flexibility index (Phi) is 9.37. The van der Waals surface area contributed by atoms with E-state index in [0.717, 1.165) is 24.2 Å². The van der Waals surface area contributed by atoms with E-state index in [2.05, 4.69) is 76.5 Å². The Balaban J connectivity index is 1.12. The van der Waals surface area contributed by atoms with E-state index >= 15 is 0 Å². The number of nitrogens with one attached hydrogen (secondary N) is 1. The molecule has 0 radical (unpaired) electrons. The van der Waals surface area contributed by atoms with E-state index in [1.807, 2.05) is 0 Å². The third kappa shape index (κ3) is 5.64. The van der Waals surface area contributed by atoms with Gasteiger partial charge in [0.05, 0.1) is 5.56 Å². The molecular weight excluding hydrogens is 601 g/mol. The van der Waals surface area contributed by atoms with Crippen LogP contribution in [0.25, 0.3) is 5.57 Å². The zero-order valence-electron chi connectivity index (χ0n) is 32.0. The fraction of sp³-hybridized carbons (Fsp3) is 0.756. The third-order valence-electron chi connectivity index (χ3n) is 17.0. The summed E-state index contributed by atoms with van der Waals surface area (Å²) in [6.45, 7) is 26.5. The van der Waals surface area contributed by atoms with Crippen LogP contribution in [0.2, 0.25) is 0 Å². The summed E-state index contributed by atoms with van der Waals surface area (Å²) in [5.41, 5.74) is 5.94. The van der Waals surface area contributed by atoms with Gasteiger partial charge < -0.3 is 15.3 Å². The molecule has 7 rings (SSSR count). The normalized spacial score (nSPS) is 41.5. The van der Waals surface area contributed by atoms with Crippen LogP contribution in [0.1, 0.15) is 141 Å². The molecule has 1 aromatic rings. The maximum Gasteiger partial charge on any atom is 0.335 e. The van der Waals surface area contributed by atoms with Gasteiger partial charge in [-0.15, -0.1) is 0 Å². The van der Waals surface area contributed by atoms with Crippen molar-refractivity contribution < 1.29 is 9.90 Å². The first kappa shape index (κ1) is 35.5. The van der Waals surface area contributed by atoms with E-state index in [0.29, 0.717) is 33.6 Å². The molecule has 0 amide bonds. The minimum absolute atomic E-state index is 0.0503. The van der Waals surface area contributed by atoms with Gasteiger partial charge in [0.15, 0.2) is 0 Å². The number of allylic oxidation sites excluding steroid dienone is 3. The highest BCUT2D eigenvalue weighted by molar-refractivity contribution is 5.88. The first-order valence-electron chi connectivity index (χ1n) is 20.4. The lowest BCUT2D eigenvalue weighted by atomic mass is 9.32. The topological polar surface area (TPSA) is 52.6 Å². The van der Waals surface area contributed by atoms with Crippen molar-refractivity contribution in [2.75, 3.05) is 32.7 Å². The van der Waals surface area contributed by atoms with Gasteiger partial charge in [0.25, 0.3) is 0 Å². The van der Waals surface area contributed by atoms with Gasteiger partial charge in [-0.05, 0) is 190 Å². The number of carboxylic acid groups (broad SMARTS) is 1. The van der Waals surface area contributed by atoms with Crippen LogP contribution in [0.5, 0.6) is 0 Å². The molecular formula is C45H68N2O2. The number of piperidine rings is 1. The van der Waals surface area contributed by atoms with E-state index in [9.17, 15) is 9.90 Å². The molecule has 270 valence electrons. The summed E-state index contributed by atoms with van der Waals surface area (Å²) in [7, 11) is 0. The predicted molar refractivity (Wildman–Crippen MR) is 204 cm³/mol. The zero-order valence-corrected chi connectivity index (χ0v) is 32.0. The minimum atomic E-state index is -0.849. The monoisotopic (exact) mass is 669 g/mol. The molecule has 5 fully saturated rings. The second-order valence-corrected chi connectivity index (χ2v) is 19.4. The molecule has 1 saturated heterocycles. The highest BCUT2D eigenvalue weighted by Gasteiger charge is 2.70. The van der Waals surface area contributed by atoms with Crippen LogP contribution >= 0.6 is 0 Å². The van der Waals surface area contributed by atoms with Gasteiger partial charge in [0.1, 0.15) is 0 Å². The molecule has 4 saturated carbocycles. The first-order valence-corrected chi connectivity index (χ1v) is 20.4. The largest absolute Gasteiger partial charge is 0.478 e. The second kappa shape index (κ2) is 12.9. The molecule has 6 aliphatic rings. The van der Waals surface area contributed by atoms with Crippen molar-refractivity contribution in [3.63, 3.8) is 0 Å². The highest BCUT2D eigenvalue weighted by Crippen LogP contribution is 2.77. The summed E-state index contributed by atoms with van der Waals surface area (Å²) < 4.78 is 0. The van der Waals surface area contributed by atoms with Crippen LogP contribution in [-0.4, -0.2) is 48.7 Å². The Morgan fingerprint density at radius 1 is 0.898 bits per heavy atom. The Labute approximate surface area is 299 Å². The van der Waals surface area contributed by atoms with E-state index in [-0.39, 0.29) is 10.8 Å². The molecule has 0 spiro atoms. The number of hydrogen-bond donors (Lipinski definition) is 2. The van der Waals surface area contributed by atoms with Crippen molar-refractivity contribution >= 4 is 11.5 Å². The van der Waals surface area contributed by atoms with Crippen LogP contribution in [0, 0.1) is 56.7 Å². The summed E-state index contributed by atoms with van der Waals surface area (Å²) in [5, 5.41) is 13.6. The Hall–Kier alpha value is -1.91. The van der Waals surface area contributed by atoms with Crippen molar-refractivity contribution in [2.45, 2.75) is 125 Å². The van der Waals surface area contributed by atoms with Crippen LogP contribution in [-0.2, 0) is 0 Å². The van der Waals surface area contributed by atoms with Gasteiger partial charge in [-0.25, -0.2) is 4.79 Å². The molecule has 1 aromatic carbocycles. The van der Waals surface area contributed by atoms with Gasteiger partial charge in [0, 0.05) is 6.54 Å². The fourth-order valence-electron chi connectivity index (χ4n) is 14.4.